The van der Waals surface area contributed by atoms with E-state index in [9.17, 15) is 4.79 Å². The Hall–Kier alpha value is -0.770. The lowest BCUT2D eigenvalue weighted by Crippen LogP contribution is -2.48. The maximum absolute atomic E-state index is 11.6. The number of hydrogen-bond donors (Lipinski definition) is 1. The second-order valence-electron chi connectivity index (χ2n) is 4.65. The number of halogens is 2. The molecule has 0 aliphatic rings. The van der Waals surface area contributed by atoms with Gasteiger partial charge in [0.1, 0.15) is 5.54 Å². The van der Waals surface area contributed by atoms with Crippen LogP contribution in [0.25, 0.3) is 0 Å². The van der Waals surface area contributed by atoms with Crippen molar-refractivity contribution in [2.75, 3.05) is 7.11 Å². The highest BCUT2D eigenvalue weighted by Crippen LogP contribution is 2.27. The quantitative estimate of drug-likeness (QED) is 0.861. The number of rotatable bonds is 4. The van der Waals surface area contributed by atoms with E-state index in [4.69, 9.17) is 27.9 Å². The fraction of sp³-hybridized carbons (Fsp3) is 0.462. The third-order valence-corrected chi connectivity index (χ3v) is 3.26. The molecule has 0 aliphatic carbocycles. The first-order valence-corrected chi connectivity index (χ1v) is 6.34. The first kappa shape index (κ1) is 15.3. The SMILES string of the molecule is COC(=O)C(C)(C)NC(C)c1ccc(Cl)cc1Cl. The highest BCUT2D eigenvalue weighted by Gasteiger charge is 2.30. The fourth-order valence-electron chi connectivity index (χ4n) is 1.79. The lowest BCUT2D eigenvalue weighted by atomic mass is 10.0. The van der Waals surface area contributed by atoms with Crippen LogP contribution in [0.5, 0.6) is 0 Å². The van der Waals surface area contributed by atoms with Gasteiger partial charge in [0, 0.05) is 16.1 Å². The zero-order valence-corrected chi connectivity index (χ0v) is 12.4. The van der Waals surface area contributed by atoms with Crippen LogP contribution in [0.2, 0.25) is 10.0 Å². The molecule has 0 fully saturated rings. The number of ether oxygens (including phenoxy) is 1. The second kappa shape index (κ2) is 5.91. The molecule has 0 heterocycles. The molecule has 0 radical (unpaired) electrons. The highest BCUT2D eigenvalue weighted by molar-refractivity contribution is 6.35. The molecule has 0 saturated carbocycles. The average molecular weight is 290 g/mol. The molecule has 0 aromatic heterocycles. The molecule has 1 aromatic rings. The summed E-state index contributed by atoms with van der Waals surface area (Å²) in [4.78, 5) is 11.6. The lowest BCUT2D eigenvalue weighted by Gasteiger charge is -2.28. The van der Waals surface area contributed by atoms with Crippen LogP contribution in [-0.4, -0.2) is 18.6 Å². The summed E-state index contributed by atoms with van der Waals surface area (Å²) in [6, 6.07) is 5.20. The molecule has 0 saturated heterocycles. The van der Waals surface area contributed by atoms with Crippen LogP contribution in [0.15, 0.2) is 18.2 Å². The first-order chi connectivity index (χ1) is 8.27. The number of benzene rings is 1. The molecule has 1 atom stereocenters. The van der Waals surface area contributed by atoms with Gasteiger partial charge in [-0.1, -0.05) is 29.3 Å². The van der Waals surface area contributed by atoms with E-state index in [1.165, 1.54) is 7.11 Å². The lowest BCUT2D eigenvalue weighted by molar-refractivity contribution is -0.147. The second-order valence-corrected chi connectivity index (χ2v) is 5.49. The summed E-state index contributed by atoms with van der Waals surface area (Å²) < 4.78 is 4.75. The van der Waals surface area contributed by atoms with Gasteiger partial charge in [-0.25, -0.2) is 0 Å². The normalized spacial score (nSPS) is 13.2. The van der Waals surface area contributed by atoms with Crippen LogP contribution in [0.1, 0.15) is 32.4 Å². The minimum atomic E-state index is -0.781. The van der Waals surface area contributed by atoms with Crippen LogP contribution in [0.4, 0.5) is 0 Å². The average Bonchev–Trinajstić information content (AvgIpc) is 2.26. The van der Waals surface area contributed by atoms with Crippen molar-refractivity contribution in [3.8, 4) is 0 Å². The summed E-state index contributed by atoms with van der Waals surface area (Å²) in [6.45, 7) is 5.46. The van der Waals surface area contributed by atoms with E-state index in [1.807, 2.05) is 13.0 Å². The summed E-state index contributed by atoms with van der Waals surface area (Å²) in [6.07, 6.45) is 0. The summed E-state index contributed by atoms with van der Waals surface area (Å²) in [5, 5.41) is 4.34. The van der Waals surface area contributed by atoms with E-state index < -0.39 is 5.54 Å². The van der Waals surface area contributed by atoms with E-state index in [2.05, 4.69) is 5.32 Å². The van der Waals surface area contributed by atoms with Gasteiger partial charge in [-0.2, -0.15) is 0 Å². The Morgan fingerprint density at radius 3 is 2.50 bits per heavy atom. The Morgan fingerprint density at radius 2 is 2.00 bits per heavy atom. The van der Waals surface area contributed by atoms with Gasteiger partial charge < -0.3 is 4.74 Å². The molecule has 1 unspecified atom stereocenters. The van der Waals surface area contributed by atoms with Gasteiger partial charge in [0.2, 0.25) is 0 Å². The van der Waals surface area contributed by atoms with Gasteiger partial charge >= 0.3 is 5.97 Å². The van der Waals surface area contributed by atoms with E-state index >= 15 is 0 Å². The Kier molecular flexibility index (Phi) is 5.02. The van der Waals surface area contributed by atoms with E-state index in [1.54, 1.807) is 26.0 Å². The van der Waals surface area contributed by atoms with Crippen molar-refractivity contribution in [1.29, 1.82) is 0 Å². The topological polar surface area (TPSA) is 38.3 Å². The van der Waals surface area contributed by atoms with E-state index in [0.29, 0.717) is 10.0 Å². The van der Waals surface area contributed by atoms with E-state index in [-0.39, 0.29) is 12.0 Å². The van der Waals surface area contributed by atoms with Crippen LogP contribution >= 0.6 is 23.2 Å². The Balaban J connectivity index is 2.88. The number of esters is 1. The Labute approximate surface area is 117 Å². The monoisotopic (exact) mass is 289 g/mol. The minimum Gasteiger partial charge on any atom is -0.468 e. The molecule has 18 heavy (non-hydrogen) atoms. The molecule has 1 aromatic carbocycles. The smallest absolute Gasteiger partial charge is 0.325 e. The summed E-state index contributed by atoms with van der Waals surface area (Å²) in [5.41, 5.74) is 0.106. The highest BCUT2D eigenvalue weighted by atomic mass is 35.5. The van der Waals surface area contributed by atoms with Gasteiger partial charge in [-0.15, -0.1) is 0 Å². The maximum atomic E-state index is 11.6. The number of nitrogens with one attached hydrogen (secondary N) is 1. The predicted molar refractivity (Wildman–Crippen MR) is 74.1 cm³/mol. The molecule has 100 valence electrons. The summed E-state index contributed by atoms with van der Waals surface area (Å²) in [5.74, 6) is -0.320. The summed E-state index contributed by atoms with van der Waals surface area (Å²) >= 11 is 12.0. The largest absolute Gasteiger partial charge is 0.468 e. The van der Waals surface area contributed by atoms with Crippen molar-refractivity contribution in [2.24, 2.45) is 0 Å². The van der Waals surface area contributed by atoms with Crippen LogP contribution in [0.3, 0.4) is 0 Å². The van der Waals surface area contributed by atoms with Gasteiger partial charge in [0.15, 0.2) is 0 Å². The zero-order valence-electron chi connectivity index (χ0n) is 10.9. The van der Waals surface area contributed by atoms with Crippen LogP contribution in [-0.2, 0) is 9.53 Å². The van der Waals surface area contributed by atoms with E-state index in [0.717, 1.165) is 5.56 Å². The molecule has 0 aliphatic heterocycles. The van der Waals surface area contributed by atoms with Crippen molar-refractivity contribution in [3.05, 3.63) is 33.8 Å². The molecule has 0 bridgehead atoms. The number of carbonyl (C=O) groups is 1. The summed E-state index contributed by atoms with van der Waals surface area (Å²) in [7, 11) is 1.37. The standard InChI is InChI=1S/C13H17Cl2NO2/c1-8(16-13(2,3)12(17)18-4)10-6-5-9(14)7-11(10)15/h5-8,16H,1-4H3. The predicted octanol–water partition coefficient (Wildman–Crippen LogP) is 3.60. The number of carbonyl (C=O) groups excluding carboxylic acids is 1. The molecule has 0 amide bonds. The molecule has 1 N–H and O–H groups in total. The molecule has 3 nitrogen and oxygen atoms in total. The van der Waals surface area contributed by atoms with Crippen LogP contribution in [0, 0.1) is 0 Å². The number of hydrogen-bond acceptors (Lipinski definition) is 3. The van der Waals surface area contributed by atoms with Gasteiger partial charge in [-0.05, 0) is 38.5 Å². The third kappa shape index (κ3) is 3.61. The van der Waals surface area contributed by atoms with Crippen molar-refractivity contribution >= 4 is 29.2 Å². The van der Waals surface area contributed by atoms with Crippen molar-refractivity contribution in [1.82, 2.24) is 5.32 Å². The molecule has 5 heteroatoms. The van der Waals surface area contributed by atoms with Gasteiger partial charge in [0.25, 0.3) is 0 Å². The van der Waals surface area contributed by atoms with Gasteiger partial charge in [-0.3, -0.25) is 10.1 Å². The van der Waals surface area contributed by atoms with Gasteiger partial charge in [0.05, 0.1) is 7.11 Å². The molecular formula is C13H17Cl2NO2. The number of methoxy groups -OCH3 is 1. The Bertz CT molecular complexity index is 447. The first-order valence-electron chi connectivity index (χ1n) is 5.59. The molecular weight excluding hydrogens is 273 g/mol. The Morgan fingerprint density at radius 1 is 1.39 bits per heavy atom. The van der Waals surface area contributed by atoms with Crippen molar-refractivity contribution < 1.29 is 9.53 Å². The minimum absolute atomic E-state index is 0.0936. The van der Waals surface area contributed by atoms with Crippen molar-refractivity contribution in [3.63, 3.8) is 0 Å². The van der Waals surface area contributed by atoms with Crippen molar-refractivity contribution in [2.45, 2.75) is 32.4 Å². The maximum Gasteiger partial charge on any atom is 0.325 e. The zero-order chi connectivity index (χ0) is 13.9. The van der Waals surface area contributed by atoms with Crippen LogP contribution < -0.4 is 5.32 Å². The molecule has 1 rings (SSSR count). The third-order valence-electron chi connectivity index (χ3n) is 2.70. The molecule has 0 spiro atoms. The fourth-order valence-corrected chi connectivity index (χ4v) is 2.36.